The Bertz CT molecular complexity index is 1190. The van der Waals surface area contributed by atoms with Gasteiger partial charge in [-0.2, -0.15) is 0 Å². The van der Waals surface area contributed by atoms with Gasteiger partial charge in [-0.05, 0) is 86.5 Å². The van der Waals surface area contributed by atoms with Gasteiger partial charge in [0.2, 0.25) is 0 Å². The summed E-state index contributed by atoms with van der Waals surface area (Å²) >= 11 is 0. The standard InChI is InChI=1S/C16H20F2.C9H7N3O2/c1-10-14(8-9-15(17)16(10)18)13-6-4-12(5-7-13)11-2-3-11;10-9(14)8-7-5(1-3-12-8)11-4-2-6(7)13/h8-9,11-13H,2-7H2,1H3;1-4H,(H2,10,14)(H,11,13). The van der Waals surface area contributed by atoms with Crippen LogP contribution in [0.5, 0.6) is 0 Å². The van der Waals surface area contributed by atoms with Gasteiger partial charge in [0.1, 0.15) is 5.69 Å². The molecule has 0 bridgehead atoms. The highest BCUT2D eigenvalue weighted by Crippen LogP contribution is 2.47. The average molecular weight is 440 g/mol. The van der Waals surface area contributed by atoms with Crippen molar-refractivity contribution in [2.45, 2.75) is 51.4 Å². The van der Waals surface area contributed by atoms with Crippen LogP contribution < -0.4 is 11.2 Å². The molecule has 0 spiro atoms. The number of amides is 1. The summed E-state index contributed by atoms with van der Waals surface area (Å²) in [7, 11) is 0. The fraction of sp³-hybridized carbons (Fsp3) is 0.400. The summed E-state index contributed by atoms with van der Waals surface area (Å²) in [5.41, 5.74) is 6.94. The van der Waals surface area contributed by atoms with Crippen LogP contribution in [0.15, 0.2) is 41.5 Å². The maximum atomic E-state index is 13.6. The summed E-state index contributed by atoms with van der Waals surface area (Å²) in [6, 6.07) is 6.01. The van der Waals surface area contributed by atoms with E-state index in [4.69, 9.17) is 5.73 Å². The molecule has 3 N–H and O–H groups in total. The molecule has 0 unspecified atom stereocenters. The van der Waals surface area contributed by atoms with E-state index in [0.29, 0.717) is 17.0 Å². The zero-order chi connectivity index (χ0) is 22.8. The Labute approximate surface area is 185 Å². The van der Waals surface area contributed by atoms with Crippen LogP contribution in [-0.2, 0) is 0 Å². The van der Waals surface area contributed by atoms with E-state index in [9.17, 15) is 18.4 Å². The molecule has 0 atom stereocenters. The third-order valence-corrected chi connectivity index (χ3v) is 6.79. The molecule has 2 heterocycles. The van der Waals surface area contributed by atoms with Crippen molar-refractivity contribution in [2.24, 2.45) is 17.6 Å². The summed E-state index contributed by atoms with van der Waals surface area (Å²) < 4.78 is 26.7. The molecule has 2 aromatic heterocycles. The minimum atomic E-state index is -0.720. The van der Waals surface area contributed by atoms with Gasteiger partial charge < -0.3 is 10.7 Å². The van der Waals surface area contributed by atoms with Crippen LogP contribution in [0.1, 0.15) is 66.1 Å². The monoisotopic (exact) mass is 439 g/mol. The van der Waals surface area contributed by atoms with Crippen LogP contribution in [0.3, 0.4) is 0 Å². The normalized spacial score (nSPS) is 20.5. The lowest BCUT2D eigenvalue weighted by Crippen LogP contribution is -2.17. The third-order valence-electron chi connectivity index (χ3n) is 6.79. The summed E-state index contributed by atoms with van der Waals surface area (Å²) in [4.78, 5) is 29.0. The molecule has 0 saturated heterocycles. The molecule has 0 aliphatic heterocycles. The predicted molar refractivity (Wildman–Crippen MR) is 119 cm³/mol. The first-order chi connectivity index (χ1) is 15.4. The molecule has 0 radical (unpaired) electrons. The lowest BCUT2D eigenvalue weighted by Gasteiger charge is -2.29. The number of pyridine rings is 2. The number of aromatic nitrogens is 2. The maximum Gasteiger partial charge on any atom is 0.268 e. The van der Waals surface area contributed by atoms with Gasteiger partial charge in [0.25, 0.3) is 5.91 Å². The van der Waals surface area contributed by atoms with E-state index in [-0.39, 0.29) is 16.5 Å². The second-order valence-electron chi connectivity index (χ2n) is 8.81. The van der Waals surface area contributed by atoms with Crippen LogP contribution in [0.2, 0.25) is 0 Å². The molecule has 5 rings (SSSR count). The fourth-order valence-corrected chi connectivity index (χ4v) is 4.89. The number of H-pyrrole nitrogens is 1. The molecule has 1 amide bonds. The highest BCUT2D eigenvalue weighted by atomic mass is 19.2. The lowest BCUT2D eigenvalue weighted by molar-refractivity contribution is 0.0997. The number of hydrogen-bond acceptors (Lipinski definition) is 3. The Morgan fingerprint density at radius 2 is 1.69 bits per heavy atom. The predicted octanol–water partition coefficient (Wildman–Crippen LogP) is 4.98. The molecular formula is C25H27F2N3O2. The number of benzene rings is 1. The molecule has 1 aromatic carbocycles. The minimum absolute atomic E-state index is 0.00403. The van der Waals surface area contributed by atoms with Gasteiger partial charge >= 0.3 is 0 Å². The number of aromatic amines is 1. The molecule has 2 saturated carbocycles. The Morgan fingerprint density at radius 1 is 1.03 bits per heavy atom. The number of rotatable bonds is 3. The first kappa shape index (κ1) is 22.1. The highest BCUT2D eigenvalue weighted by Gasteiger charge is 2.34. The van der Waals surface area contributed by atoms with E-state index < -0.39 is 17.5 Å². The number of nitrogens with zero attached hydrogens (tertiary/aromatic N) is 1. The Morgan fingerprint density at radius 3 is 2.31 bits per heavy atom. The minimum Gasteiger partial charge on any atom is -0.364 e. The van der Waals surface area contributed by atoms with E-state index >= 15 is 0 Å². The summed E-state index contributed by atoms with van der Waals surface area (Å²) in [6.45, 7) is 1.71. The molecule has 2 aliphatic rings. The zero-order valence-corrected chi connectivity index (χ0v) is 18.0. The number of nitrogens with one attached hydrogen (secondary N) is 1. The second-order valence-corrected chi connectivity index (χ2v) is 8.81. The van der Waals surface area contributed by atoms with Crippen LogP contribution >= 0.6 is 0 Å². The number of hydrogen-bond donors (Lipinski definition) is 2. The second kappa shape index (κ2) is 9.18. The quantitative estimate of drug-likeness (QED) is 0.603. The van der Waals surface area contributed by atoms with Gasteiger partial charge in [-0.15, -0.1) is 0 Å². The topological polar surface area (TPSA) is 88.8 Å². The highest BCUT2D eigenvalue weighted by molar-refractivity contribution is 6.03. The van der Waals surface area contributed by atoms with E-state index in [1.165, 1.54) is 50.2 Å². The van der Waals surface area contributed by atoms with Gasteiger partial charge in [-0.25, -0.2) is 8.78 Å². The Hall–Kier alpha value is -3.09. The van der Waals surface area contributed by atoms with Crippen molar-refractivity contribution in [3.05, 3.63) is 75.3 Å². The molecule has 32 heavy (non-hydrogen) atoms. The van der Waals surface area contributed by atoms with Crippen molar-refractivity contribution < 1.29 is 13.6 Å². The summed E-state index contributed by atoms with van der Waals surface area (Å²) in [5.74, 6) is 0.256. The van der Waals surface area contributed by atoms with Gasteiger partial charge in [0, 0.05) is 18.5 Å². The maximum absolute atomic E-state index is 13.6. The number of carbonyl (C=O) groups is 1. The molecule has 2 fully saturated rings. The Kier molecular flexibility index (Phi) is 6.35. The Balaban J connectivity index is 0.000000158. The van der Waals surface area contributed by atoms with Crippen molar-refractivity contribution in [3.8, 4) is 0 Å². The van der Waals surface area contributed by atoms with Crippen molar-refractivity contribution >= 4 is 16.8 Å². The number of halogens is 2. The molecule has 3 aromatic rings. The number of primary amides is 1. The lowest BCUT2D eigenvalue weighted by atomic mass is 9.76. The molecular weight excluding hydrogens is 412 g/mol. The van der Waals surface area contributed by atoms with E-state index in [1.807, 2.05) is 0 Å². The summed E-state index contributed by atoms with van der Waals surface area (Å²) in [6.07, 6.45) is 10.6. The number of nitrogens with two attached hydrogens (primary N) is 1. The van der Waals surface area contributed by atoms with Crippen molar-refractivity contribution in [2.75, 3.05) is 0 Å². The zero-order valence-electron chi connectivity index (χ0n) is 18.0. The van der Waals surface area contributed by atoms with E-state index in [2.05, 4.69) is 9.97 Å². The van der Waals surface area contributed by atoms with Crippen molar-refractivity contribution in [1.82, 2.24) is 9.97 Å². The van der Waals surface area contributed by atoms with Crippen LogP contribution in [0, 0.1) is 30.4 Å². The van der Waals surface area contributed by atoms with E-state index in [0.717, 1.165) is 30.2 Å². The van der Waals surface area contributed by atoms with Crippen LogP contribution in [0.4, 0.5) is 8.78 Å². The molecule has 168 valence electrons. The average Bonchev–Trinajstić information content (AvgIpc) is 3.64. The van der Waals surface area contributed by atoms with E-state index in [1.54, 1.807) is 19.1 Å². The van der Waals surface area contributed by atoms with Gasteiger partial charge in [-0.3, -0.25) is 14.6 Å². The van der Waals surface area contributed by atoms with Crippen molar-refractivity contribution in [3.63, 3.8) is 0 Å². The number of carbonyl (C=O) groups excluding carboxylic acids is 1. The van der Waals surface area contributed by atoms with Crippen molar-refractivity contribution in [1.29, 1.82) is 0 Å². The summed E-state index contributed by atoms with van der Waals surface area (Å²) in [5, 5.41) is 0.238. The first-order valence-corrected chi connectivity index (χ1v) is 11.1. The van der Waals surface area contributed by atoms with Gasteiger partial charge in [-0.1, -0.05) is 6.07 Å². The largest absolute Gasteiger partial charge is 0.364 e. The van der Waals surface area contributed by atoms with Crippen LogP contribution in [0.25, 0.3) is 10.9 Å². The molecule has 2 aliphatic carbocycles. The molecule has 5 nitrogen and oxygen atoms in total. The van der Waals surface area contributed by atoms with Gasteiger partial charge in [0.05, 0.1) is 10.9 Å². The third kappa shape index (κ3) is 4.56. The smallest absolute Gasteiger partial charge is 0.268 e. The first-order valence-electron chi connectivity index (χ1n) is 11.1. The fourth-order valence-electron chi connectivity index (χ4n) is 4.89. The SMILES string of the molecule is Cc1c(C2CCC(C3CC3)CC2)ccc(F)c1F.NC(=O)c1nccc2[nH]ccc(=O)c12. The van der Waals surface area contributed by atoms with Gasteiger partial charge in [0.15, 0.2) is 17.1 Å². The molecule has 7 heteroatoms. The van der Waals surface area contributed by atoms with Crippen LogP contribution in [-0.4, -0.2) is 15.9 Å². The number of fused-ring (bicyclic) bond motifs is 1.